The van der Waals surface area contributed by atoms with Gasteiger partial charge in [-0.2, -0.15) is 0 Å². The molecule has 1 aliphatic heterocycles. The molecule has 0 unspecified atom stereocenters. The van der Waals surface area contributed by atoms with Crippen molar-refractivity contribution in [1.82, 2.24) is 10.2 Å². The monoisotopic (exact) mass is 312 g/mol. The zero-order valence-corrected chi connectivity index (χ0v) is 14.6. The van der Waals surface area contributed by atoms with Gasteiger partial charge in [0.15, 0.2) is 0 Å². The van der Waals surface area contributed by atoms with E-state index in [-0.39, 0.29) is 0 Å². The van der Waals surface area contributed by atoms with Gasteiger partial charge >= 0.3 is 0 Å². The van der Waals surface area contributed by atoms with E-state index in [9.17, 15) is 0 Å². The van der Waals surface area contributed by atoms with Crippen LogP contribution < -0.4 is 5.32 Å². The third-order valence-corrected chi connectivity index (χ3v) is 5.46. The van der Waals surface area contributed by atoms with Gasteiger partial charge in [-0.1, -0.05) is 61.2 Å². The van der Waals surface area contributed by atoms with Gasteiger partial charge in [-0.05, 0) is 44.7 Å². The first kappa shape index (κ1) is 16.7. The zero-order valence-electron chi connectivity index (χ0n) is 14.6. The molecule has 1 atom stereocenters. The van der Waals surface area contributed by atoms with Crippen molar-refractivity contribution in [2.45, 2.75) is 64.0 Å². The normalized spacial score (nSPS) is 24.2. The molecule has 2 aliphatic rings. The van der Waals surface area contributed by atoms with Crippen molar-refractivity contribution in [2.24, 2.45) is 0 Å². The average Bonchev–Trinajstić information content (AvgIpc) is 3.05. The number of nitrogens with zero attached hydrogens (tertiary/aromatic N) is 1. The highest BCUT2D eigenvalue weighted by Gasteiger charge is 2.30. The van der Waals surface area contributed by atoms with E-state index >= 15 is 0 Å². The Morgan fingerprint density at radius 1 is 1.09 bits per heavy atom. The van der Waals surface area contributed by atoms with Crippen LogP contribution in [0.4, 0.5) is 0 Å². The Morgan fingerprint density at radius 3 is 2.65 bits per heavy atom. The molecule has 1 aromatic rings. The molecule has 1 heterocycles. The highest BCUT2D eigenvalue weighted by atomic mass is 15.2. The number of hydrogen-bond acceptors (Lipinski definition) is 2. The van der Waals surface area contributed by atoms with Gasteiger partial charge in [-0.3, -0.25) is 4.90 Å². The molecule has 0 bridgehead atoms. The minimum Gasteiger partial charge on any atom is -0.311 e. The SMILES string of the molecule is CC(=Cc1ccccc1)CNC[C@@H]1CCCN1C1CCCCC1. The topological polar surface area (TPSA) is 15.3 Å². The Kier molecular flexibility index (Phi) is 6.29. The third kappa shape index (κ3) is 4.92. The number of rotatable bonds is 6. The fraction of sp³-hybridized carbons (Fsp3) is 0.619. The zero-order chi connectivity index (χ0) is 15.9. The lowest BCUT2D eigenvalue weighted by molar-refractivity contribution is 0.141. The standard InChI is InChI=1S/C21H32N2/c1-18(15-19-9-4-2-5-10-19)16-22-17-21-13-8-14-23(21)20-11-6-3-7-12-20/h2,4-5,9-10,15,20-22H,3,6-8,11-14,16-17H2,1H3/t21-/m0/s1. The summed E-state index contributed by atoms with van der Waals surface area (Å²) in [5.74, 6) is 0. The lowest BCUT2D eigenvalue weighted by atomic mass is 9.94. The van der Waals surface area contributed by atoms with Crippen LogP contribution in [-0.2, 0) is 0 Å². The first-order valence-corrected chi connectivity index (χ1v) is 9.51. The van der Waals surface area contributed by atoms with Gasteiger partial charge in [-0.25, -0.2) is 0 Å². The van der Waals surface area contributed by atoms with Crippen molar-refractivity contribution in [3.05, 3.63) is 41.5 Å². The molecule has 1 saturated heterocycles. The molecule has 0 radical (unpaired) electrons. The summed E-state index contributed by atoms with van der Waals surface area (Å²) in [6.07, 6.45) is 12.3. The highest BCUT2D eigenvalue weighted by molar-refractivity contribution is 5.52. The first-order valence-electron chi connectivity index (χ1n) is 9.51. The van der Waals surface area contributed by atoms with Gasteiger partial charge < -0.3 is 5.32 Å². The summed E-state index contributed by atoms with van der Waals surface area (Å²) in [7, 11) is 0. The molecular weight excluding hydrogens is 280 g/mol. The van der Waals surface area contributed by atoms with Crippen LogP contribution in [0, 0.1) is 0 Å². The van der Waals surface area contributed by atoms with Crippen molar-refractivity contribution in [3.63, 3.8) is 0 Å². The van der Waals surface area contributed by atoms with Gasteiger partial charge in [0.25, 0.3) is 0 Å². The summed E-state index contributed by atoms with van der Waals surface area (Å²) in [6.45, 7) is 5.71. The molecular formula is C21H32N2. The van der Waals surface area contributed by atoms with E-state index in [1.807, 2.05) is 0 Å². The molecule has 2 nitrogen and oxygen atoms in total. The number of hydrogen-bond donors (Lipinski definition) is 1. The fourth-order valence-corrected chi connectivity index (χ4v) is 4.29. The van der Waals surface area contributed by atoms with Crippen LogP contribution in [0.2, 0.25) is 0 Å². The second kappa shape index (κ2) is 8.65. The van der Waals surface area contributed by atoms with Crippen molar-refractivity contribution >= 4 is 6.08 Å². The second-order valence-corrected chi connectivity index (χ2v) is 7.36. The Morgan fingerprint density at radius 2 is 1.87 bits per heavy atom. The van der Waals surface area contributed by atoms with Gasteiger partial charge in [-0.15, -0.1) is 0 Å². The molecule has 2 heteroatoms. The van der Waals surface area contributed by atoms with E-state index in [4.69, 9.17) is 0 Å². The fourth-order valence-electron chi connectivity index (χ4n) is 4.29. The maximum atomic E-state index is 3.71. The van der Waals surface area contributed by atoms with Gasteiger partial charge in [0.05, 0.1) is 0 Å². The molecule has 1 N–H and O–H groups in total. The van der Waals surface area contributed by atoms with Crippen LogP contribution in [0.5, 0.6) is 0 Å². The number of likely N-dealkylation sites (tertiary alicyclic amines) is 1. The Hall–Kier alpha value is -1.12. The van der Waals surface area contributed by atoms with E-state index in [0.717, 1.165) is 25.2 Å². The van der Waals surface area contributed by atoms with E-state index in [2.05, 4.69) is 53.5 Å². The van der Waals surface area contributed by atoms with E-state index in [1.165, 1.54) is 62.6 Å². The van der Waals surface area contributed by atoms with Crippen molar-refractivity contribution in [1.29, 1.82) is 0 Å². The molecule has 2 fully saturated rings. The number of benzene rings is 1. The summed E-state index contributed by atoms with van der Waals surface area (Å²) in [5.41, 5.74) is 2.72. The second-order valence-electron chi connectivity index (χ2n) is 7.36. The Labute approximate surface area is 142 Å². The minimum atomic E-state index is 0.766. The van der Waals surface area contributed by atoms with E-state index < -0.39 is 0 Å². The molecule has 1 saturated carbocycles. The summed E-state index contributed by atoms with van der Waals surface area (Å²) < 4.78 is 0. The summed E-state index contributed by atoms with van der Waals surface area (Å²) in [4.78, 5) is 2.82. The van der Waals surface area contributed by atoms with Crippen LogP contribution in [0.3, 0.4) is 0 Å². The van der Waals surface area contributed by atoms with Crippen LogP contribution in [0.25, 0.3) is 6.08 Å². The summed E-state index contributed by atoms with van der Waals surface area (Å²) in [5, 5.41) is 3.71. The van der Waals surface area contributed by atoms with E-state index in [0.29, 0.717) is 0 Å². The first-order chi connectivity index (χ1) is 11.3. The molecule has 0 amide bonds. The molecule has 0 spiro atoms. The maximum absolute atomic E-state index is 3.71. The summed E-state index contributed by atoms with van der Waals surface area (Å²) in [6, 6.07) is 12.3. The molecule has 126 valence electrons. The lowest BCUT2D eigenvalue weighted by Crippen LogP contribution is -2.45. The van der Waals surface area contributed by atoms with Crippen LogP contribution in [0.1, 0.15) is 57.4 Å². The van der Waals surface area contributed by atoms with Crippen molar-refractivity contribution < 1.29 is 0 Å². The van der Waals surface area contributed by atoms with Crippen molar-refractivity contribution in [3.8, 4) is 0 Å². The van der Waals surface area contributed by atoms with Crippen molar-refractivity contribution in [2.75, 3.05) is 19.6 Å². The smallest absolute Gasteiger partial charge is 0.0224 e. The van der Waals surface area contributed by atoms with Crippen LogP contribution in [0.15, 0.2) is 35.9 Å². The Balaban J connectivity index is 1.45. The predicted octanol–water partition coefficient (Wildman–Crippen LogP) is 4.48. The molecule has 3 rings (SSSR count). The van der Waals surface area contributed by atoms with E-state index in [1.54, 1.807) is 0 Å². The van der Waals surface area contributed by atoms with Gasteiger partial charge in [0.2, 0.25) is 0 Å². The summed E-state index contributed by atoms with van der Waals surface area (Å²) >= 11 is 0. The molecule has 0 aromatic heterocycles. The average molecular weight is 313 g/mol. The number of nitrogens with one attached hydrogen (secondary N) is 1. The quantitative estimate of drug-likeness (QED) is 0.833. The van der Waals surface area contributed by atoms with Gasteiger partial charge in [0, 0.05) is 25.2 Å². The maximum Gasteiger partial charge on any atom is 0.0224 e. The molecule has 1 aromatic carbocycles. The predicted molar refractivity (Wildman–Crippen MR) is 99.6 cm³/mol. The van der Waals surface area contributed by atoms with Crippen LogP contribution in [-0.4, -0.2) is 36.6 Å². The minimum absolute atomic E-state index is 0.766. The van der Waals surface area contributed by atoms with Crippen LogP contribution >= 0.6 is 0 Å². The Bertz CT molecular complexity index is 488. The molecule has 1 aliphatic carbocycles. The highest BCUT2D eigenvalue weighted by Crippen LogP contribution is 2.28. The lowest BCUT2D eigenvalue weighted by Gasteiger charge is -2.35. The third-order valence-electron chi connectivity index (χ3n) is 5.46. The largest absolute Gasteiger partial charge is 0.311 e. The molecule has 23 heavy (non-hydrogen) atoms. The van der Waals surface area contributed by atoms with Gasteiger partial charge in [0.1, 0.15) is 0 Å².